The maximum atomic E-state index is 12.6. The molecular formula is C20H23Cl2N3O2. The number of aliphatic hydroxyl groups is 1. The minimum Gasteiger partial charge on any atom is -0.389 e. The van der Waals surface area contributed by atoms with E-state index < -0.39 is 11.6 Å². The van der Waals surface area contributed by atoms with E-state index in [4.69, 9.17) is 23.2 Å². The van der Waals surface area contributed by atoms with Crippen molar-refractivity contribution in [2.75, 3.05) is 12.4 Å². The van der Waals surface area contributed by atoms with Gasteiger partial charge in [-0.15, -0.1) is 0 Å². The number of hydrogen-bond acceptors (Lipinski definition) is 4. The highest BCUT2D eigenvalue weighted by molar-refractivity contribution is 6.35. The van der Waals surface area contributed by atoms with E-state index in [0.717, 1.165) is 16.8 Å². The predicted octanol–water partition coefficient (Wildman–Crippen LogP) is 3.75. The predicted molar refractivity (Wildman–Crippen MR) is 110 cm³/mol. The van der Waals surface area contributed by atoms with Crippen molar-refractivity contribution in [2.24, 2.45) is 0 Å². The van der Waals surface area contributed by atoms with Crippen LogP contribution < -0.4 is 16.0 Å². The molecule has 0 spiro atoms. The Morgan fingerprint density at radius 3 is 2.63 bits per heavy atom. The molecule has 0 aliphatic carbocycles. The smallest absolute Gasteiger partial charge is 0.251 e. The minimum atomic E-state index is -0.638. The fraction of sp³-hybridized carbons (Fsp3) is 0.350. The van der Waals surface area contributed by atoms with Crippen LogP contribution >= 0.6 is 23.2 Å². The van der Waals surface area contributed by atoms with Gasteiger partial charge in [0.1, 0.15) is 0 Å². The van der Waals surface area contributed by atoms with E-state index >= 15 is 0 Å². The van der Waals surface area contributed by atoms with Crippen LogP contribution in [-0.2, 0) is 6.54 Å². The fourth-order valence-corrected chi connectivity index (χ4v) is 3.81. The summed E-state index contributed by atoms with van der Waals surface area (Å²) in [6.07, 6.45) is -0.638. The lowest BCUT2D eigenvalue weighted by Crippen LogP contribution is -2.53. The number of nitrogens with one attached hydrogen (secondary N) is 3. The molecule has 1 aliphatic rings. The number of benzene rings is 2. The molecule has 0 fully saturated rings. The number of carbonyl (C=O) groups excluding carboxylic acids is 1. The Hall–Kier alpha value is -1.79. The van der Waals surface area contributed by atoms with Gasteiger partial charge in [0.15, 0.2) is 0 Å². The molecule has 0 aromatic heterocycles. The van der Waals surface area contributed by atoms with Crippen molar-refractivity contribution in [1.29, 1.82) is 0 Å². The van der Waals surface area contributed by atoms with Crippen molar-refractivity contribution >= 4 is 34.8 Å². The van der Waals surface area contributed by atoms with Crippen molar-refractivity contribution in [2.45, 2.75) is 38.1 Å². The largest absolute Gasteiger partial charge is 0.389 e. The lowest BCUT2D eigenvalue weighted by atomic mass is 9.82. The zero-order valence-electron chi connectivity index (χ0n) is 15.4. The van der Waals surface area contributed by atoms with Gasteiger partial charge in [0.2, 0.25) is 0 Å². The summed E-state index contributed by atoms with van der Waals surface area (Å²) in [4.78, 5) is 12.6. The van der Waals surface area contributed by atoms with E-state index in [1.807, 2.05) is 19.9 Å². The molecule has 1 heterocycles. The highest BCUT2D eigenvalue weighted by atomic mass is 35.5. The topological polar surface area (TPSA) is 73.4 Å². The summed E-state index contributed by atoms with van der Waals surface area (Å²) in [5.74, 6) is -0.210. The molecule has 2 aromatic carbocycles. The third kappa shape index (κ3) is 4.06. The van der Waals surface area contributed by atoms with Crippen LogP contribution in [0.2, 0.25) is 10.0 Å². The second-order valence-corrected chi connectivity index (χ2v) is 8.12. The number of hydrogen-bond donors (Lipinski definition) is 4. The molecule has 0 saturated heterocycles. The van der Waals surface area contributed by atoms with Gasteiger partial charge in [-0.1, -0.05) is 29.3 Å². The number of carbonyl (C=O) groups is 1. The lowest BCUT2D eigenvalue weighted by molar-refractivity contribution is 0.0715. The Balaban J connectivity index is 1.80. The number of rotatable bonds is 4. The summed E-state index contributed by atoms with van der Waals surface area (Å²) in [7, 11) is 1.80. The first-order chi connectivity index (χ1) is 12.7. The number of anilines is 1. The van der Waals surface area contributed by atoms with Crippen molar-refractivity contribution in [3.05, 3.63) is 63.1 Å². The van der Waals surface area contributed by atoms with Gasteiger partial charge in [0.05, 0.1) is 17.7 Å². The molecule has 2 aromatic rings. The van der Waals surface area contributed by atoms with Gasteiger partial charge in [-0.2, -0.15) is 0 Å². The molecule has 1 amide bonds. The van der Waals surface area contributed by atoms with Gasteiger partial charge >= 0.3 is 0 Å². The second-order valence-electron chi connectivity index (χ2n) is 7.28. The summed E-state index contributed by atoms with van der Waals surface area (Å²) >= 11 is 12.1. The SMILES string of the molecule is CN[C@@H]1c2cc(C(=O)NCc3ccc(Cl)cc3Cl)ccc2NC(C)(C)[C@H]1O. The van der Waals surface area contributed by atoms with E-state index in [1.165, 1.54) is 0 Å². The third-order valence-electron chi connectivity index (χ3n) is 4.93. The number of fused-ring (bicyclic) bond motifs is 1. The first kappa shape index (κ1) is 20.0. The Labute approximate surface area is 169 Å². The second kappa shape index (κ2) is 7.68. The van der Waals surface area contributed by atoms with Crippen LogP contribution in [0.15, 0.2) is 36.4 Å². The quantitative estimate of drug-likeness (QED) is 0.622. The summed E-state index contributed by atoms with van der Waals surface area (Å²) in [6.45, 7) is 4.19. The highest BCUT2D eigenvalue weighted by Gasteiger charge is 2.40. The van der Waals surface area contributed by atoms with Crippen LogP contribution in [0.25, 0.3) is 0 Å². The highest BCUT2D eigenvalue weighted by Crippen LogP contribution is 2.38. The van der Waals surface area contributed by atoms with Crippen LogP contribution in [0, 0.1) is 0 Å². The van der Waals surface area contributed by atoms with E-state index in [9.17, 15) is 9.90 Å². The van der Waals surface area contributed by atoms with Gasteiger partial charge < -0.3 is 21.1 Å². The van der Waals surface area contributed by atoms with Crippen LogP contribution in [0.4, 0.5) is 5.69 Å². The maximum absolute atomic E-state index is 12.6. The molecular weight excluding hydrogens is 385 g/mol. The number of aliphatic hydroxyl groups excluding tert-OH is 1. The van der Waals surface area contributed by atoms with Gasteiger partial charge in [-0.05, 0) is 62.4 Å². The molecule has 144 valence electrons. The van der Waals surface area contributed by atoms with E-state index in [1.54, 1.807) is 37.4 Å². The van der Waals surface area contributed by atoms with Gasteiger partial charge in [0, 0.05) is 27.8 Å². The summed E-state index contributed by atoms with van der Waals surface area (Å²) in [5.41, 5.74) is 2.60. The van der Waals surface area contributed by atoms with Crippen molar-refractivity contribution < 1.29 is 9.90 Å². The molecule has 27 heavy (non-hydrogen) atoms. The van der Waals surface area contributed by atoms with Gasteiger partial charge in [0.25, 0.3) is 5.91 Å². The first-order valence-corrected chi connectivity index (χ1v) is 9.48. The Bertz CT molecular complexity index is 870. The molecule has 2 atom stereocenters. The maximum Gasteiger partial charge on any atom is 0.251 e. The summed E-state index contributed by atoms with van der Waals surface area (Å²) in [6, 6.07) is 10.4. The zero-order chi connectivity index (χ0) is 19.8. The fourth-order valence-electron chi connectivity index (χ4n) is 3.34. The van der Waals surface area contributed by atoms with E-state index in [2.05, 4.69) is 16.0 Å². The molecule has 5 nitrogen and oxygen atoms in total. The monoisotopic (exact) mass is 407 g/mol. The molecule has 0 radical (unpaired) electrons. The zero-order valence-corrected chi connectivity index (χ0v) is 16.9. The third-order valence-corrected chi connectivity index (χ3v) is 5.51. The van der Waals surface area contributed by atoms with Crippen LogP contribution in [-0.4, -0.2) is 29.7 Å². The molecule has 1 aliphatic heterocycles. The van der Waals surface area contributed by atoms with Gasteiger partial charge in [-0.25, -0.2) is 0 Å². The lowest BCUT2D eigenvalue weighted by Gasteiger charge is -2.43. The average molecular weight is 408 g/mol. The Kier molecular flexibility index (Phi) is 5.68. The molecule has 0 bridgehead atoms. The molecule has 7 heteroatoms. The Morgan fingerprint density at radius 2 is 1.96 bits per heavy atom. The average Bonchev–Trinajstić information content (AvgIpc) is 2.61. The molecule has 0 saturated carbocycles. The van der Waals surface area contributed by atoms with Crippen LogP contribution in [0.5, 0.6) is 0 Å². The minimum absolute atomic E-state index is 0.210. The number of amides is 1. The van der Waals surface area contributed by atoms with Crippen molar-refractivity contribution in [3.8, 4) is 0 Å². The van der Waals surface area contributed by atoms with E-state index in [-0.39, 0.29) is 11.9 Å². The summed E-state index contributed by atoms with van der Waals surface area (Å²) in [5, 5.41) is 21.1. The Morgan fingerprint density at radius 1 is 1.22 bits per heavy atom. The molecule has 3 rings (SSSR count). The number of halogens is 2. The van der Waals surface area contributed by atoms with E-state index in [0.29, 0.717) is 22.2 Å². The summed E-state index contributed by atoms with van der Waals surface area (Å²) < 4.78 is 0. The van der Waals surface area contributed by atoms with Crippen molar-refractivity contribution in [1.82, 2.24) is 10.6 Å². The van der Waals surface area contributed by atoms with Gasteiger partial charge in [-0.3, -0.25) is 4.79 Å². The standard InChI is InChI=1S/C20H23Cl2N3O2/c1-20(2)18(26)17(23-3)14-8-11(5-7-16(14)25-20)19(27)24-10-12-4-6-13(21)9-15(12)22/h4-9,17-18,23,25-26H,10H2,1-3H3,(H,24,27)/t17-,18+/m1/s1. The molecule has 0 unspecified atom stereocenters. The normalized spacial score (nSPS) is 20.5. The van der Waals surface area contributed by atoms with Crippen LogP contribution in [0.1, 0.15) is 41.4 Å². The van der Waals surface area contributed by atoms with Crippen molar-refractivity contribution in [3.63, 3.8) is 0 Å². The first-order valence-electron chi connectivity index (χ1n) is 8.72. The van der Waals surface area contributed by atoms with Crippen LogP contribution in [0.3, 0.4) is 0 Å². The molecule has 4 N–H and O–H groups in total. The number of likely N-dealkylation sites (N-methyl/N-ethyl adjacent to an activating group) is 1.